The molecule has 1 rings (SSSR count). The predicted molar refractivity (Wildman–Crippen MR) is 57.2 cm³/mol. The fourth-order valence-electron chi connectivity index (χ4n) is 1.09. The predicted octanol–water partition coefficient (Wildman–Crippen LogP) is 2.08. The Labute approximate surface area is 91.2 Å². The Kier molecular flexibility index (Phi) is 3.62. The van der Waals surface area contributed by atoms with Crippen molar-refractivity contribution in [1.29, 1.82) is 0 Å². The smallest absolute Gasteiger partial charge is 0.269 e. The van der Waals surface area contributed by atoms with E-state index in [1.54, 1.807) is 6.92 Å². The van der Waals surface area contributed by atoms with E-state index in [4.69, 9.17) is 11.6 Å². The van der Waals surface area contributed by atoms with Crippen molar-refractivity contribution in [3.8, 4) is 0 Å². The third kappa shape index (κ3) is 2.92. The van der Waals surface area contributed by atoms with Gasteiger partial charge >= 0.3 is 0 Å². The minimum Gasteiger partial charge on any atom is -0.325 e. The molecule has 0 fully saturated rings. The molecule has 0 aliphatic heterocycles. The van der Waals surface area contributed by atoms with Crippen LogP contribution in [0, 0.1) is 17.0 Å². The van der Waals surface area contributed by atoms with E-state index in [1.165, 1.54) is 18.2 Å². The van der Waals surface area contributed by atoms with Crippen LogP contribution in [0.1, 0.15) is 5.56 Å². The summed E-state index contributed by atoms with van der Waals surface area (Å²) in [7, 11) is 0. The molecule has 0 heterocycles. The fraction of sp³-hybridized carbons (Fsp3) is 0.222. The third-order valence-electron chi connectivity index (χ3n) is 1.82. The van der Waals surface area contributed by atoms with Crippen molar-refractivity contribution in [3.63, 3.8) is 0 Å². The lowest BCUT2D eigenvalue weighted by atomic mass is 10.2. The zero-order valence-electron chi connectivity index (χ0n) is 7.99. The summed E-state index contributed by atoms with van der Waals surface area (Å²) in [6.07, 6.45) is 0. The highest BCUT2D eigenvalue weighted by Gasteiger charge is 2.09. The lowest BCUT2D eigenvalue weighted by Gasteiger charge is -2.05. The maximum Gasteiger partial charge on any atom is 0.269 e. The van der Waals surface area contributed by atoms with Gasteiger partial charge < -0.3 is 5.32 Å². The summed E-state index contributed by atoms with van der Waals surface area (Å²) >= 11 is 5.32. The summed E-state index contributed by atoms with van der Waals surface area (Å²) in [6, 6.07) is 4.21. The van der Waals surface area contributed by atoms with Crippen LogP contribution in [-0.4, -0.2) is 16.7 Å². The largest absolute Gasteiger partial charge is 0.325 e. The highest BCUT2D eigenvalue weighted by Crippen LogP contribution is 2.20. The lowest BCUT2D eigenvalue weighted by Crippen LogP contribution is -2.13. The Morgan fingerprint density at radius 2 is 2.27 bits per heavy atom. The number of aryl methyl sites for hydroxylation is 1. The molecule has 0 spiro atoms. The highest BCUT2D eigenvalue weighted by molar-refractivity contribution is 6.29. The number of nitrogens with one attached hydrogen (secondary N) is 1. The van der Waals surface area contributed by atoms with Gasteiger partial charge in [-0.3, -0.25) is 14.9 Å². The first-order valence-corrected chi connectivity index (χ1v) is 4.69. The normalized spacial score (nSPS) is 9.73. The molecule has 0 aliphatic carbocycles. The Morgan fingerprint density at radius 3 is 2.73 bits per heavy atom. The van der Waals surface area contributed by atoms with Gasteiger partial charge in [0.25, 0.3) is 5.69 Å². The number of non-ortho nitro benzene ring substituents is 1. The summed E-state index contributed by atoms with van der Waals surface area (Å²) in [5, 5.41) is 13.0. The Morgan fingerprint density at radius 1 is 1.60 bits per heavy atom. The molecule has 15 heavy (non-hydrogen) atoms. The summed E-state index contributed by atoms with van der Waals surface area (Å²) in [6.45, 7) is 1.68. The standard InChI is InChI=1S/C9H9ClN2O3/c1-6-4-7(12(14)15)2-3-8(6)11-9(13)5-10/h2-4H,5H2,1H3,(H,11,13). The van der Waals surface area contributed by atoms with Crippen molar-refractivity contribution in [2.24, 2.45) is 0 Å². The van der Waals surface area contributed by atoms with Crippen LogP contribution in [0.25, 0.3) is 0 Å². The lowest BCUT2D eigenvalue weighted by molar-refractivity contribution is -0.384. The van der Waals surface area contributed by atoms with Crippen molar-refractivity contribution < 1.29 is 9.72 Å². The zero-order valence-corrected chi connectivity index (χ0v) is 8.75. The average Bonchev–Trinajstić information content (AvgIpc) is 2.20. The molecular weight excluding hydrogens is 220 g/mol. The third-order valence-corrected chi connectivity index (χ3v) is 2.06. The number of nitro benzene ring substituents is 1. The number of halogens is 1. The number of hydrogen-bond acceptors (Lipinski definition) is 3. The van der Waals surface area contributed by atoms with Gasteiger partial charge in [-0.15, -0.1) is 11.6 Å². The summed E-state index contributed by atoms with van der Waals surface area (Å²) < 4.78 is 0. The minimum atomic E-state index is -0.486. The van der Waals surface area contributed by atoms with E-state index in [-0.39, 0.29) is 17.5 Å². The summed E-state index contributed by atoms with van der Waals surface area (Å²) in [5.74, 6) is -0.482. The number of alkyl halides is 1. The second-order valence-electron chi connectivity index (χ2n) is 2.94. The van der Waals surface area contributed by atoms with Crippen LogP contribution in [-0.2, 0) is 4.79 Å². The topological polar surface area (TPSA) is 72.2 Å². The molecule has 0 radical (unpaired) electrons. The van der Waals surface area contributed by atoms with Gasteiger partial charge in [-0.25, -0.2) is 0 Å². The number of carbonyl (C=O) groups excluding carboxylic acids is 1. The van der Waals surface area contributed by atoms with Gasteiger partial charge in [-0.1, -0.05) is 0 Å². The molecule has 1 aromatic rings. The van der Waals surface area contributed by atoms with E-state index < -0.39 is 4.92 Å². The number of rotatable bonds is 3. The summed E-state index contributed by atoms with van der Waals surface area (Å²) in [5.41, 5.74) is 1.16. The van der Waals surface area contributed by atoms with Gasteiger partial charge in [-0.05, 0) is 18.6 Å². The van der Waals surface area contributed by atoms with Crippen LogP contribution in [0.5, 0.6) is 0 Å². The number of amides is 1. The van der Waals surface area contributed by atoms with E-state index in [0.717, 1.165) is 0 Å². The van der Waals surface area contributed by atoms with E-state index in [9.17, 15) is 14.9 Å². The number of hydrogen-bond donors (Lipinski definition) is 1. The van der Waals surface area contributed by atoms with E-state index in [0.29, 0.717) is 11.3 Å². The molecule has 0 aromatic heterocycles. The van der Waals surface area contributed by atoms with Gasteiger partial charge in [0, 0.05) is 17.8 Å². The van der Waals surface area contributed by atoms with Gasteiger partial charge in [0.2, 0.25) is 5.91 Å². The Hall–Kier alpha value is -1.62. The van der Waals surface area contributed by atoms with E-state index in [2.05, 4.69) is 5.32 Å². The Bertz CT molecular complexity index is 406. The quantitative estimate of drug-likeness (QED) is 0.489. The molecule has 1 aromatic carbocycles. The van der Waals surface area contributed by atoms with Gasteiger partial charge in [0.1, 0.15) is 5.88 Å². The molecule has 0 saturated carbocycles. The molecule has 0 saturated heterocycles. The van der Waals surface area contributed by atoms with Crippen LogP contribution in [0.4, 0.5) is 11.4 Å². The minimum absolute atomic E-state index is 0.00336. The van der Waals surface area contributed by atoms with Gasteiger partial charge in [-0.2, -0.15) is 0 Å². The maximum absolute atomic E-state index is 11.0. The molecule has 0 aliphatic rings. The number of nitrogens with zero attached hydrogens (tertiary/aromatic N) is 1. The molecule has 1 N–H and O–H groups in total. The van der Waals surface area contributed by atoms with Crippen LogP contribution < -0.4 is 5.32 Å². The van der Waals surface area contributed by atoms with Crippen molar-refractivity contribution in [1.82, 2.24) is 0 Å². The van der Waals surface area contributed by atoms with Crippen molar-refractivity contribution in [3.05, 3.63) is 33.9 Å². The van der Waals surface area contributed by atoms with Crippen molar-refractivity contribution in [2.75, 3.05) is 11.2 Å². The van der Waals surface area contributed by atoms with E-state index in [1.807, 2.05) is 0 Å². The average molecular weight is 229 g/mol. The second-order valence-corrected chi connectivity index (χ2v) is 3.21. The second kappa shape index (κ2) is 4.75. The molecule has 5 nitrogen and oxygen atoms in total. The molecular formula is C9H9ClN2O3. The zero-order chi connectivity index (χ0) is 11.4. The first-order chi connectivity index (χ1) is 7.04. The fourth-order valence-corrected chi connectivity index (χ4v) is 1.15. The number of benzene rings is 1. The van der Waals surface area contributed by atoms with Crippen molar-refractivity contribution >= 4 is 28.9 Å². The SMILES string of the molecule is Cc1cc([N+](=O)[O-])ccc1NC(=O)CCl. The van der Waals surface area contributed by atoms with Crippen LogP contribution in [0.3, 0.4) is 0 Å². The summed E-state index contributed by atoms with van der Waals surface area (Å²) in [4.78, 5) is 20.9. The first-order valence-electron chi connectivity index (χ1n) is 4.15. The molecule has 6 heteroatoms. The van der Waals surface area contributed by atoms with Crippen LogP contribution in [0.2, 0.25) is 0 Å². The van der Waals surface area contributed by atoms with E-state index >= 15 is 0 Å². The van der Waals surface area contributed by atoms with Gasteiger partial charge in [0.05, 0.1) is 4.92 Å². The molecule has 80 valence electrons. The first kappa shape index (κ1) is 11.5. The molecule has 0 bridgehead atoms. The molecule has 1 amide bonds. The maximum atomic E-state index is 11.0. The molecule has 0 atom stereocenters. The molecule has 0 unspecified atom stereocenters. The van der Waals surface area contributed by atoms with Gasteiger partial charge in [0.15, 0.2) is 0 Å². The number of nitro groups is 1. The monoisotopic (exact) mass is 228 g/mol. The van der Waals surface area contributed by atoms with Crippen LogP contribution in [0.15, 0.2) is 18.2 Å². The highest BCUT2D eigenvalue weighted by atomic mass is 35.5. The number of anilines is 1. The number of carbonyl (C=O) groups is 1. The van der Waals surface area contributed by atoms with Crippen LogP contribution >= 0.6 is 11.6 Å². The van der Waals surface area contributed by atoms with Crippen molar-refractivity contribution in [2.45, 2.75) is 6.92 Å². The Balaban J connectivity index is 2.93.